The number of halogens is 1. The molecule has 0 aromatic heterocycles. The zero-order valence-corrected chi connectivity index (χ0v) is 18.2. The number of hydrogen-bond acceptors (Lipinski definition) is 3. The lowest BCUT2D eigenvalue weighted by atomic mass is 10.1. The standard InChI is InChI=1S/C20H26N4O2.HI/c1-15-7-6-9-16(13-15)19(25)22-11-12-23-20(21-2)24-14-17-8-4-5-10-18(17)26-3;/h4-10,13H,11-12,14H2,1-3H3,(H,22,25)(H2,21,23,24);1H. The monoisotopic (exact) mass is 482 g/mol. The van der Waals surface area contributed by atoms with E-state index in [1.807, 2.05) is 55.5 Å². The van der Waals surface area contributed by atoms with Crippen LogP contribution in [0.5, 0.6) is 5.75 Å². The Morgan fingerprint density at radius 3 is 2.48 bits per heavy atom. The number of carbonyl (C=O) groups is 1. The lowest BCUT2D eigenvalue weighted by Gasteiger charge is -2.14. The van der Waals surface area contributed by atoms with Gasteiger partial charge < -0.3 is 20.7 Å². The highest BCUT2D eigenvalue weighted by Gasteiger charge is 2.05. The molecule has 0 saturated carbocycles. The van der Waals surface area contributed by atoms with E-state index in [1.165, 1.54) is 0 Å². The van der Waals surface area contributed by atoms with Crippen LogP contribution in [-0.4, -0.2) is 39.1 Å². The quantitative estimate of drug-likeness (QED) is 0.246. The second-order valence-corrected chi connectivity index (χ2v) is 5.79. The highest BCUT2D eigenvalue weighted by molar-refractivity contribution is 14.0. The molecule has 3 N–H and O–H groups in total. The normalized spacial score (nSPS) is 10.6. The van der Waals surface area contributed by atoms with Gasteiger partial charge in [0.2, 0.25) is 0 Å². The average Bonchev–Trinajstić information content (AvgIpc) is 2.67. The fraction of sp³-hybridized carbons (Fsp3) is 0.300. The Labute approximate surface area is 177 Å². The minimum Gasteiger partial charge on any atom is -0.496 e. The zero-order chi connectivity index (χ0) is 18.8. The maximum absolute atomic E-state index is 12.1. The van der Waals surface area contributed by atoms with Crippen LogP contribution in [0, 0.1) is 6.92 Å². The molecule has 146 valence electrons. The van der Waals surface area contributed by atoms with Crippen LogP contribution in [0.25, 0.3) is 0 Å². The van der Waals surface area contributed by atoms with E-state index in [9.17, 15) is 4.79 Å². The molecule has 2 aromatic carbocycles. The Bertz CT molecular complexity index is 765. The first-order valence-electron chi connectivity index (χ1n) is 8.55. The summed E-state index contributed by atoms with van der Waals surface area (Å²) in [7, 11) is 3.37. The van der Waals surface area contributed by atoms with Gasteiger partial charge in [-0.25, -0.2) is 0 Å². The number of carbonyl (C=O) groups excluding carboxylic acids is 1. The number of benzene rings is 2. The zero-order valence-electron chi connectivity index (χ0n) is 15.9. The molecule has 0 atom stereocenters. The van der Waals surface area contributed by atoms with E-state index in [0.717, 1.165) is 16.9 Å². The molecule has 0 aliphatic heterocycles. The molecular formula is C20H27IN4O2. The van der Waals surface area contributed by atoms with Gasteiger partial charge in [0.1, 0.15) is 5.75 Å². The van der Waals surface area contributed by atoms with E-state index in [0.29, 0.717) is 31.2 Å². The molecule has 0 aliphatic carbocycles. The van der Waals surface area contributed by atoms with Crippen LogP contribution < -0.4 is 20.7 Å². The smallest absolute Gasteiger partial charge is 0.251 e. The van der Waals surface area contributed by atoms with Gasteiger partial charge in [0.05, 0.1) is 7.11 Å². The van der Waals surface area contributed by atoms with Crippen molar-refractivity contribution in [2.75, 3.05) is 27.2 Å². The largest absolute Gasteiger partial charge is 0.496 e. The van der Waals surface area contributed by atoms with Crippen LogP contribution in [0.15, 0.2) is 53.5 Å². The summed E-state index contributed by atoms with van der Waals surface area (Å²) in [5, 5.41) is 9.31. The first-order chi connectivity index (χ1) is 12.6. The van der Waals surface area contributed by atoms with E-state index in [2.05, 4.69) is 20.9 Å². The van der Waals surface area contributed by atoms with Crippen LogP contribution in [0.3, 0.4) is 0 Å². The highest BCUT2D eigenvalue weighted by atomic mass is 127. The van der Waals surface area contributed by atoms with Crippen LogP contribution >= 0.6 is 24.0 Å². The number of para-hydroxylation sites is 1. The fourth-order valence-electron chi connectivity index (χ4n) is 2.49. The lowest BCUT2D eigenvalue weighted by molar-refractivity contribution is 0.0954. The summed E-state index contributed by atoms with van der Waals surface area (Å²) in [5.74, 6) is 1.43. The van der Waals surface area contributed by atoms with Crippen molar-refractivity contribution in [3.63, 3.8) is 0 Å². The minimum absolute atomic E-state index is 0. The van der Waals surface area contributed by atoms with E-state index >= 15 is 0 Å². The van der Waals surface area contributed by atoms with Crippen molar-refractivity contribution in [1.29, 1.82) is 0 Å². The SMILES string of the molecule is CN=C(NCCNC(=O)c1cccc(C)c1)NCc1ccccc1OC.I. The lowest BCUT2D eigenvalue weighted by Crippen LogP contribution is -2.41. The van der Waals surface area contributed by atoms with E-state index in [-0.39, 0.29) is 29.9 Å². The summed E-state index contributed by atoms with van der Waals surface area (Å²) in [4.78, 5) is 16.3. The van der Waals surface area contributed by atoms with Gasteiger partial charge in [0.25, 0.3) is 5.91 Å². The number of aliphatic imine (C=N–C) groups is 1. The number of hydrogen-bond donors (Lipinski definition) is 3. The number of nitrogens with zero attached hydrogens (tertiary/aromatic N) is 1. The Balaban J connectivity index is 0.00000364. The van der Waals surface area contributed by atoms with Crippen molar-refractivity contribution in [3.05, 3.63) is 65.2 Å². The number of methoxy groups -OCH3 is 1. The highest BCUT2D eigenvalue weighted by Crippen LogP contribution is 2.16. The van der Waals surface area contributed by atoms with Crippen molar-refractivity contribution in [2.24, 2.45) is 4.99 Å². The molecule has 0 spiro atoms. The van der Waals surface area contributed by atoms with Crippen LogP contribution in [0.4, 0.5) is 0 Å². The Hall–Kier alpha value is -2.29. The molecule has 0 aliphatic rings. The summed E-state index contributed by atoms with van der Waals surface area (Å²) in [6.45, 7) is 3.64. The first-order valence-corrected chi connectivity index (χ1v) is 8.55. The van der Waals surface area contributed by atoms with E-state index < -0.39 is 0 Å². The van der Waals surface area contributed by atoms with Gasteiger partial charge in [-0.2, -0.15) is 0 Å². The average molecular weight is 482 g/mol. The van der Waals surface area contributed by atoms with Crippen molar-refractivity contribution in [2.45, 2.75) is 13.5 Å². The molecule has 7 heteroatoms. The first kappa shape index (κ1) is 22.8. The molecule has 2 rings (SSSR count). The third kappa shape index (κ3) is 7.46. The minimum atomic E-state index is -0.0764. The summed E-state index contributed by atoms with van der Waals surface area (Å²) in [6, 6.07) is 15.4. The fourth-order valence-corrected chi connectivity index (χ4v) is 2.49. The molecule has 2 aromatic rings. The maximum Gasteiger partial charge on any atom is 0.251 e. The molecule has 0 bridgehead atoms. The van der Waals surface area contributed by atoms with Gasteiger partial charge in [-0.15, -0.1) is 24.0 Å². The van der Waals surface area contributed by atoms with Gasteiger partial charge in [-0.05, 0) is 25.1 Å². The number of amides is 1. The predicted octanol–water partition coefficient (Wildman–Crippen LogP) is 2.72. The van der Waals surface area contributed by atoms with Crippen LogP contribution in [0.2, 0.25) is 0 Å². The third-order valence-corrected chi connectivity index (χ3v) is 3.85. The molecule has 1 amide bonds. The number of guanidine groups is 1. The van der Waals surface area contributed by atoms with Gasteiger partial charge in [0, 0.05) is 37.8 Å². The van der Waals surface area contributed by atoms with Crippen molar-refractivity contribution in [1.82, 2.24) is 16.0 Å². The Morgan fingerprint density at radius 2 is 1.78 bits per heavy atom. The maximum atomic E-state index is 12.1. The molecule has 0 radical (unpaired) electrons. The van der Waals surface area contributed by atoms with Crippen molar-refractivity contribution in [3.8, 4) is 5.75 Å². The van der Waals surface area contributed by atoms with Gasteiger partial charge in [0.15, 0.2) is 5.96 Å². The van der Waals surface area contributed by atoms with Gasteiger partial charge >= 0.3 is 0 Å². The summed E-state index contributed by atoms with van der Waals surface area (Å²) >= 11 is 0. The van der Waals surface area contributed by atoms with Crippen LogP contribution in [-0.2, 0) is 6.54 Å². The second kappa shape index (κ2) is 12.2. The topological polar surface area (TPSA) is 74.8 Å². The number of rotatable bonds is 7. The molecule has 0 saturated heterocycles. The summed E-state index contributed by atoms with van der Waals surface area (Å²) in [5.41, 5.74) is 2.78. The van der Waals surface area contributed by atoms with E-state index in [4.69, 9.17) is 4.74 Å². The number of ether oxygens (including phenoxy) is 1. The van der Waals surface area contributed by atoms with Crippen LogP contribution in [0.1, 0.15) is 21.5 Å². The van der Waals surface area contributed by atoms with Crippen molar-refractivity contribution < 1.29 is 9.53 Å². The number of nitrogens with one attached hydrogen (secondary N) is 3. The molecule has 0 unspecified atom stereocenters. The number of aryl methyl sites for hydroxylation is 1. The Kier molecular flexibility index (Phi) is 10.2. The van der Waals surface area contributed by atoms with Gasteiger partial charge in [-0.1, -0.05) is 35.9 Å². The van der Waals surface area contributed by atoms with Crippen molar-refractivity contribution >= 4 is 35.8 Å². The molecular weight excluding hydrogens is 455 g/mol. The molecule has 27 heavy (non-hydrogen) atoms. The molecule has 6 nitrogen and oxygen atoms in total. The molecule has 0 fully saturated rings. The third-order valence-electron chi connectivity index (χ3n) is 3.85. The summed E-state index contributed by atoms with van der Waals surface area (Å²) in [6.07, 6.45) is 0. The second-order valence-electron chi connectivity index (χ2n) is 5.79. The predicted molar refractivity (Wildman–Crippen MR) is 120 cm³/mol. The van der Waals surface area contributed by atoms with E-state index in [1.54, 1.807) is 14.2 Å². The van der Waals surface area contributed by atoms with Gasteiger partial charge in [-0.3, -0.25) is 9.79 Å². The Morgan fingerprint density at radius 1 is 1.04 bits per heavy atom. The summed E-state index contributed by atoms with van der Waals surface area (Å²) < 4.78 is 5.34. The molecule has 0 heterocycles.